The molecule has 0 saturated carbocycles. The standard InChI is InChI=1S/C26H20N6O4/c1-15-21(14-27-36-15)26(35)29-19-11-12-22(33)20(13-19)25(34)28-18-9-7-17(8-10-18)24-30-23(31-32-24)16-5-3-2-4-6-16/h2-14,33H,1H3,(H,28,34)(H,29,35)(H,30,31,32). The normalized spacial score (nSPS) is 10.7. The monoisotopic (exact) mass is 480 g/mol. The summed E-state index contributed by atoms with van der Waals surface area (Å²) in [6, 6.07) is 20.9. The highest BCUT2D eigenvalue weighted by molar-refractivity contribution is 6.08. The number of aryl methyl sites for hydroxylation is 1. The number of benzene rings is 3. The maximum absolute atomic E-state index is 12.8. The first kappa shape index (κ1) is 22.5. The van der Waals surface area contributed by atoms with E-state index in [0.717, 1.165) is 11.1 Å². The van der Waals surface area contributed by atoms with Crippen LogP contribution in [0.5, 0.6) is 5.75 Å². The molecule has 0 radical (unpaired) electrons. The summed E-state index contributed by atoms with van der Waals surface area (Å²) in [7, 11) is 0. The molecule has 0 aliphatic heterocycles. The molecule has 2 amide bonds. The molecule has 0 spiro atoms. The smallest absolute Gasteiger partial charge is 0.260 e. The average molecular weight is 480 g/mol. The molecule has 0 bridgehead atoms. The van der Waals surface area contributed by atoms with Crippen molar-refractivity contribution < 1.29 is 19.2 Å². The zero-order valence-electron chi connectivity index (χ0n) is 19.0. The maximum atomic E-state index is 12.8. The number of aromatic hydroxyl groups is 1. The van der Waals surface area contributed by atoms with Crippen molar-refractivity contribution in [3.63, 3.8) is 0 Å². The Morgan fingerprint density at radius 1 is 0.861 bits per heavy atom. The second-order valence-corrected chi connectivity index (χ2v) is 7.89. The van der Waals surface area contributed by atoms with Gasteiger partial charge in [-0.25, -0.2) is 4.98 Å². The number of phenolic OH excluding ortho intramolecular Hbond substituents is 1. The molecule has 0 atom stereocenters. The number of phenols is 1. The van der Waals surface area contributed by atoms with Gasteiger partial charge in [-0.3, -0.25) is 14.7 Å². The van der Waals surface area contributed by atoms with Gasteiger partial charge in [0.2, 0.25) is 0 Å². The van der Waals surface area contributed by atoms with Crippen LogP contribution in [-0.2, 0) is 0 Å². The highest BCUT2D eigenvalue weighted by Crippen LogP contribution is 2.25. The van der Waals surface area contributed by atoms with Crippen molar-refractivity contribution in [2.75, 3.05) is 10.6 Å². The zero-order valence-corrected chi connectivity index (χ0v) is 19.0. The molecule has 3 aromatic carbocycles. The van der Waals surface area contributed by atoms with E-state index in [0.29, 0.717) is 28.8 Å². The molecule has 0 aliphatic rings. The summed E-state index contributed by atoms with van der Waals surface area (Å²) in [5.41, 5.74) is 2.82. The highest BCUT2D eigenvalue weighted by atomic mass is 16.5. The number of rotatable bonds is 6. The van der Waals surface area contributed by atoms with E-state index in [1.54, 1.807) is 31.2 Å². The number of carbonyl (C=O) groups is 2. The summed E-state index contributed by atoms with van der Waals surface area (Å²) in [5, 5.41) is 26.4. The van der Waals surface area contributed by atoms with Crippen molar-refractivity contribution in [1.29, 1.82) is 0 Å². The van der Waals surface area contributed by atoms with E-state index >= 15 is 0 Å². The number of amides is 2. The first-order valence-electron chi connectivity index (χ1n) is 10.9. The molecular formula is C26H20N6O4. The molecule has 4 N–H and O–H groups in total. The van der Waals surface area contributed by atoms with Crippen LogP contribution in [-0.4, -0.2) is 37.3 Å². The Hall–Kier alpha value is -5.25. The Balaban J connectivity index is 1.28. The number of carbonyl (C=O) groups excluding carboxylic acids is 2. The number of aromatic nitrogens is 4. The maximum Gasteiger partial charge on any atom is 0.260 e. The summed E-state index contributed by atoms with van der Waals surface area (Å²) < 4.78 is 4.90. The molecule has 2 aromatic heterocycles. The van der Waals surface area contributed by atoms with Gasteiger partial charge in [0.05, 0.1) is 11.8 Å². The van der Waals surface area contributed by atoms with Crippen molar-refractivity contribution in [3.05, 3.63) is 95.9 Å². The second kappa shape index (κ2) is 9.55. The molecule has 2 heterocycles. The zero-order chi connectivity index (χ0) is 25.1. The molecule has 0 unspecified atom stereocenters. The summed E-state index contributed by atoms with van der Waals surface area (Å²) in [5.74, 6) is 0.348. The van der Waals surface area contributed by atoms with Crippen LogP contribution in [0.15, 0.2) is 83.5 Å². The summed E-state index contributed by atoms with van der Waals surface area (Å²) >= 11 is 0. The number of nitrogens with one attached hydrogen (secondary N) is 3. The predicted octanol–water partition coefficient (Wildman–Crippen LogP) is 4.65. The predicted molar refractivity (Wildman–Crippen MR) is 133 cm³/mol. The molecule has 10 nitrogen and oxygen atoms in total. The molecule has 10 heteroatoms. The quantitative estimate of drug-likeness (QED) is 0.259. The van der Waals surface area contributed by atoms with Crippen LogP contribution in [0.3, 0.4) is 0 Å². The van der Waals surface area contributed by atoms with Crippen LogP contribution < -0.4 is 10.6 Å². The molecule has 0 fully saturated rings. The van der Waals surface area contributed by atoms with Crippen molar-refractivity contribution in [2.45, 2.75) is 6.92 Å². The van der Waals surface area contributed by atoms with E-state index in [9.17, 15) is 14.7 Å². The third-order valence-corrected chi connectivity index (χ3v) is 5.43. The minimum absolute atomic E-state index is 0.00153. The van der Waals surface area contributed by atoms with Crippen LogP contribution in [0.1, 0.15) is 26.5 Å². The van der Waals surface area contributed by atoms with Gasteiger partial charge in [-0.05, 0) is 49.4 Å². The minimum atomic E-state index is -0.538. The van der Waals surface area contributed by atoms with E-state index in [4.69, 9.17) is 4.52 Å². The van der Waals surface area contributed by atoms with Gasteiger partial charge in [0.15, 0.2) is 11.6 Å². The van der Waals surface area contributed by atoms with Crippen molar-refractivity contribution >= 4 is 23.2 Å². The Bertz CT molecular complexity index is 1540. The fraction of sp³-hybridized carbons (Fsp3) is 0.0385. The topological polar surface area (TPSA) is 146 Å². The van der Waals surface area contributed by atoms with Gasteiger partial charge in [-0.2, -0.15) is 5.10 Å². The van der Waals surface area contributed by atoms with Gasteiger partial charge in [-0.1, -0.05) is 35.5 Å². The Labute approximate surface area is 205 Å². The number of H-pyrrole nitrogens is 1. The molecule has 178 valence electrons. The molecular weight excluding hydrogens is 460 g/mol. The van der Waals surface area contributed by atoms with Crippen LogP contribution in [0.2, 0.25) is 0 Å². The average Bonchev–Trinajstić information content (AvgIpc) is 3.56. The van der Waals surface area contributed by atoms with Crippen LogP contribution in [0, 0.1) is 6.92 Å². The third kappa shape index (κ3) is 4.68. The Kier molecular flexibility index (Phi) is 5.98. The van der Waals surface area contributed by atoms with Crippen molar-refractivity contribution in [2.24, 2.45) is 0 Å². The van der Waals surface area contributed by atoms with E-state index < -0.39 is 11.8 Å². The first-order chi connectivity index (χ1) is 17.5. The summed E-state index contributed by atoms with van der Waals surface area (Å²) in [4.78, 5) is 29.8. The SMILES string of the molecule is Cc1oncc1C(=O)Nc1ccc(O)c(C(=O)Nc2ccc(-c3nc(-c4ccccc4)n[nH]3)cc2)c1. The lowest BCUT2D eigenvalue weighted by molar-refractivity contribution is 0.101. The van der Waals surface area contributed by atoms with Crippen LogP contribution in [0.25, 0.3) is 22.8 Å². The number of nitrogens with zero attached hydrogens (tertiary/aromatic N) is 3. The highest BCUT2D eigenvalue weighted by Gasteiger charge is 2.17. The lowest BCUT2D eigenvalue weighted by Crippen LogP contribution is -2.15. The van der Waals surface area contributed by atoms with E-state index in [-0.39, 0.29) is 16.9 Å². The fourth-order valence-corrected chi connectivity index (χ4v) is 3.53. The Morgan fingerprint density at radius 2 is 1.56 bits per heavy atom. The van der Waals surface area contributed by atoms with Gasteiger partial charge in [0.25, 0.3) is 11.8 Å². The van der Waals surface area contributed by atoms with Gasteiger partial charge < -0.3 is 20.3 Å². The van der Waals surface area contributed by atoms with Crippen LogP contribution >= 0.6 is 0 Å². The summed E-state index contributed by atoms with van der Waals surface area (Å²) in [6.07, 6.45) is 1.31. The minimum Gasteiger partial charge on any atom is -0.507 e. The van der Waals surface area contributed by atoms with Gasteiger partial charge in [-0.15, -0.1) is 0 Å². The molecule has 36 heavy (non-hydrogen) atoms. The number of aromatic amines is 1. The largest absolute Gasteiger partial charge is 0.507 e. The number of hydrogen-bond acceptors (Lipinski definition) is 7. The lowest BCUT2D eigenvalue weighted by Gasteiger charge is -2.10. The molecule has 0 aliphatic carbocycles. The number of anilines is 2. The second-order valence-electron chi connectivity index (χ2n) is 7.89. The van der Waals surface area contributed by atoms with Gasteiger partial charge in [0.1, 0.15) is 17.1 Å². The number of hydrogen-bond donors (Lipinski definition) is 4. The van der Waals surface area contributed by atoms with Crippen molar-refractivity contribution in [3.8, 4) is 28.5 Å². The third-order valence-electron chi connectivity index (χ3n) is 5.43. The summed E-state index contributed by atoms with van der Waals surface area (Å²) in [6.45, 7) is 1.62. The molecule has 0 saturated heterocycles. The van der Waals surface area contributed by atoms with Crippen molar-refractivity contribution in [1.82, 2.24) is 20.3 Å². The fourth-order valence-electron chi connectivity index (χ4n) is 3.53. The first-order valence-corrected chi connectivity index (χ1v) is 10.9. The molecule has 5 aromatic rings. The Morgan fingerprint density at radius 3 is 2.28 bits per heavy atom. The van der Waals surface area contributed by atoms with Crippen LogP contribution in [0.4, 0.5) is 11.4 Å². The van der Waals surface area contributed by atoms with Gasteiger partial charge >= 0.3 is 0 Å². The van der Waals surface area contributed by atoms with E-state index in [1.807, 2.05) is 30.3 Å². The molecule has 5 rings (SSSR count). The van der Waals surface area contributed by atoms with Gasteiger partial charge in [0, 0.05) is 22.5 Å². The van der Waals surface area contributed by atoms with E-state index in [2.05, 4.69) is 31.0 Å². The van der Waals surface area contributed by atoms with E-state index in [1.165, 1.54) is 24.4 Å². The lowest BCUT2D eigenvalue weighted by atomic mass is 10.1.